The number of hydrogen-bond donors (Lipinski definition) is 1. The fourth-order valence-electron chi connectivity index (χ4n) is 8.01. The van der Waals surface area contributed by atoms with Gasteiger partial charge in [-0.2, -0.15) is 0 Å². The van der Waals surface area contributed by atoms with E-state index >= 15 is 0 Å². The fraction of sp³-hybridized carbons (Fsp3) is 0.588. The molecule has 2 amide bonds. The summed E-state index contributed by atoms with van der Waals surface area (Å²) in [7, 11) is -3.77. The number of nitrogens with one attached hydrogen (secondary N) is 1. The van der Waals surface area contributed by atoms with E-state index in [-0.39, 0.29) is 24.4 Å². The van der Waals surface area contributed by atoms with Crippen molar-refractivity contribution in [2.45, 2.75) is 96.7 Å². The number of anilines is 1. The number of aryl methyl sites for hydroxylation is 1. The second-order valence-corrected chi connectivity index (χ2v) is 16.3. The van der Waals surface area contributed by atoms with Gasteiger partial charge in [0.25, 0.3) is 0 Å². The number of rotatable bonds is 9. The summed E-state index contributed by atoms with van der Waals surface area (Å²) >= 11 is 0. The highest BCUT2D eigenvalue weighted by Gasteiger charge is 2.51. The number of hydrogen-bond acceptors (Lipinski definition) is 4. The Bertz CT molecular complexity index is 1370. The Morgan fingerprint density at radius 1 is 0.929 bits per heavy atom. The van der Waals surface area contributed by atoms with Gasteiger partial charge in [-0.25, -0.2) is 8.42 Å². The van der Waals surface area contributed by atoms with Gasteiger partial charge in [-0.3, -0.25) is 13.9 Å². The van der Waals surface area contributed by atoms with Crippen LogP contribution in [-0.2, 0) is 31.6 Å². The highest BCUT2D eigenvalue weighted by molar-refractivity contribution is 7.92. The zero-order valence-electron chi connectivity index (χ0n) is 26.0. The van der Waals surface area contributed by atoms with Gasteiger partial charge in [-0.05, 0) is 120 Å². The first-order valence-electron chi connectivity index (χ1n) is 15.4. The average Bonchev–Trinajstić information content (AvgIpc) is 2.88. The summed E-state index contributed by atoms with van der Waals surface area (Å²) in [5.74, 6) is 1.74. The van der Waals surface area contributed by atoms with Crippen molar-refractivity contribution in [3.8, 4) is 0 Å². The summed E-state index contributed by atoms with van der Waals surface area (Å²) in [5.41, 5.74) is 3.48. The van der Waals surface area contributed by atoms with Crippen molar-refractivity contribution in [3.63, 3.8) is 0 Å². The molecule has 228 valence electrons. The van der Waals surface area contributed by atoms with Gasteiger partial charge in [0.1, 0.15) is 12.6 Å². The van der Waals surface area contributed by atoms with Crippen LogP contribution in [0.15, 0.2) is 48.5 Å². The van der Waals surface area contributed by atoms with E-state index in [2.05, 4.69) is 17.4 Å². The quantitative estimate of drug-likeness (QED) is 0.413. The minimum Gasteiger partial charge on any atom is -0.350 e. The van der Waals surface area contributed by atoms with Crippen molar-refractivity contribution in [2.24, 2.45) is 17.8 Å². The van der Waals surface area contributed by atoms with Gasteiger partial charge in [0, 0.05) is 12.1 Å². The standard InChI is InChI=1S/C34H47N3O4S/c1-23-7-9-25(10-8-23)21-36(24(2)32(39)35-33(3,4)5)31(38)22-37(42(6,40)41)30-13-11-29(12-14-30)34-18-26-15-27(19-34)17-28(16-26)20-34/h7-14,24,26-28H,15-22H2,1-6H3,(H,35,39)/t24-,26?,27?,28?,34?/m0/s1. The lowest BCUT2D eigenvalue weighted by atomic mass is 9.48. The smallest absolute Gasteiger partial charge is 0.244 e. The first-order chi connectivity index (χ1) is 19.6. The van der Waals surface area contributed by atoms with Crippen molar-refractivity contribution in [3.05, 3.63) is 65.2 Å². The van der Waals surface area contributed by atoms with Crippen LogP contribution in [-0.4, -0.2) is 49.5 Å². The van der Waals surface area contributed by atoms with E-state index in [0.29, 0.717) is 5.69 Å². The minimum atomic E-state index is -3.77. The lowest BCUT2D eigenvalue weighted by Gasteiger charge is -2.57. The first kappa shape index (κ1) is 30.6. The molecule has 1 N–H and O–H groups in total. The molecule has 2 aromatic rings. The van der Waals surface area contributed by atoms with E-state index in [1.807, 2.05) is 64.1 Å². The van der Waals surface area contributed by atoms with Crippen LogP contribution >= 0.6 is 0 Å². The van der Waals surface area contributed by atoms with Gasteiger partial charge in [0.2, 0.25) is 21.8 Å². The summed E-state index contributed by atoms with van der Waals surface area (Å²) in [6.45, 7) is 9.17. The average molecular weight is 594 g/mol. The van der Waals surface area contributed by atoms with Gasteiger partial charge in [0.05, 0.1) is 11.9 Å². The van der Waals surface area contributed by atoms with Gasteiger partial charge in [-0.15, -0.1) is 0 Å². The van der Waals surface area contributed by atoms with Crippen LogP contribution < -0.4 is 9.62 Å². The predicted molar refractivity (Wildman–Crippen MR) is 168 cm³/mol. The minimum absolute atomic E-state index is 0.195. The molecule has 7 nitrogen and oxygen atoms in total. The van der Waals surface area contributed by atoms with Gasteiger partial charge in [0.15, 0.2) is 0 Å². The fourth-order valence-corrected chi connectivity index (χ4v) is 8.86. The van der Waals surface area contributed by atoms with Crippen LogP contribution in [0.3, 0.4) is 0 Å². The molecule has 8 heteroatoms. The van der Waals surface area contributed by atoms with E-state index in [1.54, 1.807) is 6.92 Å². The second-order valence-electron chi connectivity index (χ2n) is 14.4. The van der Waals surface area contributed by atoms with Crippen LogP contribution in [0.5, 0.6) is 0 Å². The molecule has 0 aliphatic heterocycles. The normalized spacial score (nSPS) is 25.6. The molecule has 0 heterocycles. The van der Waals surface area contributed by atoms with E-state index in [1.165, 1.54) is 53.3 Å². The van der Waals surface area contributed by atoms with E-state index in [4.69, 9.17) is 0 Å². The molecule has 0 spiro atoms. The lowest BCUT2D eigenvalue weighted by Crippen LogP contribution is -2.54. The predicted octanol–water partition coefficient (Wildman–Crippen LogP) is 5.56. The van der Waals surface area contributed by atoms with Crippen LogP contribution in [0.2, 0.25) is 0 Å². The number of carbonyl (C=O) groups excluding carboxylic acids is 2. The van der Waals surface area contributed by atoms with Crippen LogP contribution in [0.25, 0.3) is 0 Å². The molecule has 4 aliphatic rings. The molecule has 0 aromatic heterocycles. The molecule has 4 aliphatic carbocycles. The third-order valence-corrected chi connectivity index (χ3v) is 10.8. The molecule has 0 saturated heterocycles. The molecular weight excluding hydrogens is 546 g/mol. The number of carbonyl (C=O) groups is 2. The number of sulfonamides is 1. The summed E-state index contributed by atoms with van der Waals surface area (Å²) in [4.78, 5) is 28.5. The molecule has 4 bridgehead atoms. The Kier molecular flexibility index (Phi) is 8.25. The van der Waals surface area contributed by atoms with Gasteiger partial charge in [-0.1, -0.05) is 42.0 Å². The highest BCUT2D eigenvalue weighted by atomic mass is 32.2. The zero-order valence-corrected chi connectivity index (χ0v) is 26.8. The van der Waals surface area contributed by atoms with Crippen LogP contribution in [0.1, 0.15) is 82.9 Å². The van der Waals surface area contributed by atoms with Gasteiger partial charge < -0.3 is 10.2 Å². The summed E-state index contributed by atoms with van der Waals surface area (Å²) in [5, 5.41) is 2.96. The number of amides is 2. The Hall–Kier alpha value is -2.87. The Labute approximate surface area is 252 Å². The third-order valence-electron chi connectivity index (χ3n) is 9.62. The number of benzene rings is 2. The molecule has 2 aromatic carbocycles. The second kappa shape index (κ2) is 11.3. The molecule has 0 radical (unpaired) electrons. The van der Waals surface area contributed by atoms with Crippen LogP contribution in [0.4, 0.5) is 5.69 Å². The first-order valence-corrected chi connectivity index (χ1v) is 17.2. The maximum atomic E-state index is 13.9. The van der Waals surface area contributed by atoms with E-state index in [0.717, 1.165) is 35.1 Å². The van der Waals surface area contributed by atoms with Crippen molar-refractivity contribution in [1.82, 2.24) is 10.2 Å². The molecule has 1 atom stereocenters. The molecule has 42 heavy (non-hydrogen) atoms. The van der Waals surface area contributed by atoms with E-state index < -0.39 is 27.5 Å². The van der Waals surface area contributed by atoms with Crippen molar-refractivity contribution in [2.75, 3.05) is 17.1 Å². The van der Waals surface area contributed by atoms with Crippen molar-refractivity contribution in [1.29, 1.82) is 0 Å². The highest BCUT2D eigenvalue weighted by Crippen LogP contribution is 2.60. The molecule has 4 saturated carbocycles. The summed E-state index contributed by atoms with van der Waals surface area (Å²) in [6, 6.07) is 14.9. The largest absolute Gasteiger partial charge is 0.350 e. The third kappa shape index (κ3) is 6.69. The summed E-state index contributed by atoms with van der Waals surface area (Å²) < 4.78 is 27.3. The zero-order chi connectivity index (χ0) is 30.4. The number of nitrogens with zero attached hydrogens (tertiary/aromatic N) is 2. The van der Waals surface area contributed by atoms with Gasteiger partial charge >= 0.3 is 0 Å². The molecular formula is C34H47N3O4S. The van der Waals surface area contributed by atoms with Crippen molar-refractivity contribution >= 4 is 27.5 Å². The van der Waals surface area contributed by atoms with Crippen LogP contribution in [0, 0.1) is 24.7 Å². The monoisotopic (exact) mass is 593 g/mol. The Balaban J connectivity index is 1.39. The van der Waals surface area contributed by atoms with Crippen molar-refractivity contribution < 1.29 is 18.0 Å². The topological polar surface area (TPSA) is 86.8 Å². The maximum Gasteiger partial charge on any atom is 0.244 e. The Morgan fingerprint density at radius 2 is 1.45 bits per heavy atom. The maximum absolute atomic E-state index is 13.9. The summed E-state index contributed by atoms with van der Waals surface area (Å²) in [6.07, 6.45) is 8.93. The SMILES string of the molecule is Cc1ccc(CN(C(=O)CN(c2ccc(C34CC5CC(CC(C5)C3)C4)cc2)S(C)(=O)=O)[C@@H](C)C(=O)NC(C)(C)C)cc1. The molecule has 0 unspecified atom stereocenters. The van der Waals surface area contributed by atoms with E-state index in [9.17, 15) is 18.0 Å². The molecule has 6 rings (SSSR count). The Morgan fingerprint density at radius 3 is 1.93 bits per heavy atom. The lowest BCUT2D eigenvalue weighted by molar-refractivity contribution is -0.140. The molecule has 4 fully saturated rings.